The summed E-state index contributed by atoms with van der Waals surface area (Å²) in [6.07, 6.45) is 1.33. The van der Waals surface area contributed by atoms with E-state index in [4.69, 9.17) is 4.74 Å². The van der Waals surface area contributed by atoms with Crippen molar-refractivity contribution in [1.82, 2.24) is 15.6 Å². The monoisotopic (exact) mass is 359 g/mol. The number of benzene rings is 1. The summed E-state index contributed by atoms with van der Waals surface area (Å²) in [6.45, 7) is 6.16. The molecule has 1 aliphatic rings. The smallest absolute Gasteiger partial charge is 0.226 e. The fourth-order valence-electron chi connectivity index (χ4n) is 3.13. The summed E-state index contributed by atoms with van der Waals surface area (Å²) in [5.74, 6) is 0.00534. The van der Waals surface area contributed by atoms with Crippen molar-refractivity contribution < 1.29 is 9.53 Å². The quantitative estimate of drug-likeness (QED) is 0.798. The molecule has 2 unspecified atom stereocenters. The van der Waals surface area contributed by atoms with Crippen molar-refractivity contribution in [2.45, 2.75) is 38.8 Å². The number of thiazole rings is 1. The Hall–Kier alpha value is -1.76. The van der Waals surface area contributed by atoms with Gasteiger partial charge in [0.05, 0.1) is 12.1 Å². The molecular formula is C19H25N3O2S. The van der Waals surface area contributed by atoms with E-state index in [-0.39, 0.29) is 18.1 Å². The van der Waals surface area contributed by atoms with E-state index in [0.717, 1.165) is 23.7 Å². The summed E-state index contributed by atoms with van der Waals surface area (Å²) >= 11 is 1.55. The third-order valence-electron chi connectivity index (χ3n) is 4.39. The van der Waals surface area contributed by atoms with Crippen LogP contribution in [0.3, 0.4) is 0 Å². The zero-order valence-electron chi connectivity index (χ0n) is 14.7. The van der Waals surface area contributed by atoms with Gasteiger partial charge in [0.2, 0.25) is 5.91 Å². The van der Waals surface area contributed by atoms with E-state index in [1.54, 1.807) is 11.3 Å². The van der Waals surface area contributed by atoms with Gasteiger partial charge in [0, 0.05) is 24.6 Å². The van der Waals surface area contributed by atoms with E-state index in [1.165, 1.54) is 11.1 Å². The maximum absolute atomic E-state index is 12.3. The predicted octanol–water partition coefficient (Wildman–Crippen LogP) is 2.79. The van der Waals surface area contributed by atoms with Crippen LogP contribution in [-0.2, 0) is 22.4 Å². The summed E-state index contributed by atoms with van der Waals surface area (Å²) in [7, 11) is 0. The minimum Gasteiger partial charge on any atom is -0.372 e. The molecule has 1 amide bonds. The Bertz CT molecular complexity index is 716. The fraction of sp³-hybridized carbons (Fsp3) is 0.474. The second kappa shape index (κ2) is 8.56. The van der Waals surface area contributed by atoms with Crippen molar-refractivity contribution in [1.29, 1.82) is 0 Å². The Labute approximate surface area is 152 Å². The predicted molar refractivity (Wildman–Crippen MR) is 99.8 cm³/mol. The average Bonchev–Trinajstić information content (AvgIpc) is 3.08. The maximum atomic E-state index is 12.3. The SMILES string of the molecule is CCOC(C)c1nc(CC(=O)NCC2NCCc3ccccc32)cs1. The van der Waals surface area contributed by atoms with Gasteiger partial charge in [-0.15, -0.1) is 11.3 Å². The number of nitrogens with zero attached hydrogens (tertiary/aromatic N) is 1. The highest BCUT2D eigenvalue weighted by Crippen LogP contribution is 2.23. The summed E-state index contributed by atoms with van der Waals surface area (Å²) in [6, 6.07) is 8.61. The van der Waals surface area contributed by atoms with Gasteiger partial charge in [-0.3, -0.25) is 4.79 Å². The van der Waals surface area contributed by atoms with Gasteiger partial charge in [0.15, 0.2) is 0 Å². The molecule has 2 aromatic rings. The van der Waals surface area contributed by atoms with Gasteiger partial charge in [-0.1, -0.05) is 24.3 Å². The van der Waals surface area contributed by atoms with Crippen molar-refractivity contribution >= 4 is 17.2 Å². The third-order valence-corrected chi connectivity index (χ3v) is 5.45. The van der Waals surface area contributed by atoms with E-state index in [0.29, 0.717) is 19.6 Å². The topological polar surface area (TPSA) is 63.2 Å². The lowest BCUT2D eigenvalue weighted by Crippen LogP contribution is -2.39. The summed E-state index contributed by atoms with van der Waals surface area (Å²) in [4.78, 5) is 16.8. The first kappa shape index (κ1) is 18.0. The van der Waals surface area contributed by atoms with Crippen LogP contribution in [0.1, 0.15) is 47.8 Å². The van der Waals surface area contributed by atoms with Crippen LogP contribution in [0.2, 0.25) is 0 Å². The minimum absolute atomic E-state index is 0.00534. The molecule has 0 saturated carbocycles. The summed E-state index contributed by atoms with van der Waals surface area (Å²) in [5, 5.41) is 9.39. The molecule has 0 fully saturated rings. The van der Waals surface area contributed by atoms with Gasteiger partial charge < -0.3 is 15.4 Å². The van der Waals surface area contributed by atoms with Crippen LogP contribution < -0.4 is 10.6 Å². The second-order valence-electron chi connectivity index (χ2n) is 6.21. The summed E-state index contributed by atoms with van der Waals surface area (Å²) in [5.41, 5.74) is 3.46. The van der Waals surface area contributed by atoms with Gasteiger partial charge in [0.25, 0.3) is 0 Å². The Kier molecular flexibility index (Phi) is 6.18. The standard InChI is InChI=1S/C19H25N3O2S/c1-3-24-13(2)19-22-15(12-25-19)10-18(23)21-11-17-16-7-5-4-6-14(16)8-9-20-17/h4-7,12-13,17,20H,3,8-11H2,1-2H3,(H,21,23). The van der Waals surface area contributed by atoms with Crippen LogP contribution in [0.5, 0.6) is 0 Å². The van der Waals surface area contributed by atoms with Crippen LogP contribution in [0.25, 0.3) is 0 Å². The van der Waals surface area contributed by atoms with Crippen LogP contribution >= 0.6 is 11.3 Å². The zero-order chi connectivity index (χ0) is 17.6. The number of hydrogen-bond donors (Lipinski definition) is 2. The second-order valence-corrected chi connectivity index (χ2v) is 7.10. The van der Waals surface area contributed by atoms with Gasteiger partial charge in [-0.2, -0.15) is 0 Å². The first-order valence-corrected chi connectivity index (χ1v) is 9.69. The molecule has 5 nitrogen and oxygen atoms in total. The number of aromatic nitrogens is 1. The molecule has 2 N–H and O–H groups in total. The van der Waals surface area contributed by atoms with E-state index in [1.807, 2.05) is 19.2 Å². The van der Waals surface area contributed by atoms with E-state index < -0.39 is 0 Å². The van der Waals surface area contributed by atoms with Crippen LogP contribution in [0.15, 0.2) is 29.6 Å². The molecule has 1 aliphatic heterocycles. The average molecular weight is 359 g/mol. The van der Waals surface area contributed by atoms with Gasteiger partial charge in [0.1, 0.15) is 11.1 Å². The van der Waals surface area contributed by atoms with Gasteiger partial charge in [-0.25, -0.2) is 4.98 Å². The van der Waals surface area contributed by atoms with Crippen molar-refractivity contribution in [3.8, 4) is 0 Å². The lowest BCUT2D eigenvalue weighted by Gasteiger charge is -2.27. The van der Waals surface area contributed by atoms with Gasteiger partial charge >= 0.3 is 0 Å². The number of hydrogen-bond acceptors (Lipinski definition) is 5. The van der Waals surface area contributed by atoms with Crippen LogP contribution in [-0.4, -0.2) is 30.6 Å². The molecule has 6 heteroatoms. The molecule has 134 valence electrons. The van der Waals surface area contributed by atoms with E-state index >= 15 is 0 Å². The molecular weight excluding hydrogens is 334 g/mol. The van der Waals surface area contributed by atoms with Crippen molar-refractivity contribution in [3.05, 3.63) is 51.5 Å². The van der Waals surface area contributed by atoms with E-state index in [9.17, 15) is 4.79 Å². The number of ether oxygens (including phenoxy) is 1. The van der Waals surface area contributed by atoms with E-state index in [2.05, 4.69) is 39.9 Å². The van der Waals surface area contributed by atoms with Crippen molar-refractivity contribution in [2.75, 3.05) is 19.7 Å². The number of amides is 1. The third kappa shape index (κ3) is 4.66. The molecule has 0 bridgehead atoms. The molecule has 3 rings (SSSR count). The normalized spacial score (nSPS) is 17.8. The maximum Gasteiger partial charge on any atom is 0.226 e. The highest BCUT2D eigenvalue weighted by Gasteiger charge is 2.20. The molecule has 25 heavy (non-hydrogen) atoms. The zero-order valence-corrected chi connectivity index (χ0v) is 15.6. The molecule has 1 aromatic heterocycles. The van der Waals surface area contributed by atoms with Crippen molar-refractivity contribution in [2.24, 2.45) is 0 Å². The lowest BCUT2D eigenvalue weighted by molar-refractivity contribution is -0.120. The molecule has 1 aromatic carbocycles. The number of fused-ring (bicyclic) bond motifs is 1. The molecule has 2 heterocycles. The first-order valence-electron chi connectivity index (χ1n) is 8.81. The molecule has 0 aliphatic carbocycles. The number of carbonyl (C=O) groups excluding carboxylic acids is 1. The molecule has 2 atom stereocenters. The highest BCUT2D eigenvalue weighted by molar-refractivity contribution is 7.09. The lowest BCUT2D eigenvalue weighted by atomic mass is 9.94. The Balaban J connectivity index is 1.52. The fourth-order valence-corrected chi connectivity index (χ4v) is 3.95. The Morgan fingerprint density at radius 1 is 1.48 bits per heavy atom. The van der Waals surface area contributed by atoms with Crippen LogP contribution in [0, 0.1) is 0 Å². The van der Waals surface area contributed by atoms with Crippen molar-refractivity contribution in [3.63, 3.8) is 0 Å². The van der Waals surface area contributed by atoms with Crippen LogP contribution in [0.4, 0.5) is 0 Å². The first-order chi connectivity index (χ1) is 12.2. The molecule has 0 radical (unpaired) electrons. The van der Waals surface area contributed by atoms with Gasteiger partial charge in [-0.05, 0) is 37.9 Å². The Morgan fingerprint density at radius 2 is 2.32 bits per heavy atom. The summed E-state index contributed by atoms with van der Waals surface area (Å²) < 4.78 is 5.55. The highest BCUT2D eigenvalue weighted by atomic mass is 32.1. The minimum atomic E-state index is -0.0187. The molecule has 0 spiro atoms. The number of nitrogens with one attached hydrogen (secondary N) is 2. The number of rotatable bonds is 7. The largest absolute Gasteiger partial charge is 0.372 e. The molecule has 0 saturated heterocycles. The number of carbonyl (C=O) groups is 1. The Morgan fingerprint density at radius 3 is 3.16 bits per heavy atom.